The first-order valence-electron chi connectivity index (χ1n) is 10.4. The lowest BCUT2D eigenvalue weighted by molar-refractivity contribution is 0.0925. The highest BCUT2D eigenvalue weighted by Gasteiger charge is 2.20. The van der Waals surface area contributed by atoms with E-state index in [0.717, 1.165) is 19.4 Å². The molecule has 2 heterocycles. The van der Waals surface area contributed by atoms with Crippen LogP contribution in [0.5, 0.6) is 0 Å². The molecule has 170 valence electrons. The Balaban J connectivity index is 1.53. The number of benzene rings is 2. The molecule has 0 aliphatic carbocycles. The summed E-state index contributed by atoms with van der Waals surface area (Å²) in [5, 5.41) is 8.86. The van der Waals surface area contributed by atoms with E-state index in [2.05, 4.69) is 41.8 Å². The Kier molecular flexibility index (Phi) is 6.95. The molecule has 1 fully saturated rings. The monoisotopic (exact) mass is 512 g/mol. The summed E-state index contributed by atoms with van der Waals surface area (Å²) in [6.45, 7) is 1.63. The highest BCUT2D eigenvalue weighted by molar-refractivity contribution is 9.10. The van der Waals surface area contributed by atoms with Crippen molar-refractivity contribution in [1.29, 1.82) is 0 Å². The molecule has 1 aromatic heterocycles. The SMILES string of the molecule is Nc1ncc(-c2cccc(NC(=O)c3ccc(Br)cc3F)c2)nc1C(=O)NC1CCCNC1. The Morgan fingerprint density at radius 2 is 2.03 bits per heavy atom. The molecular weight excluding hydrogens is 491 g/mol. The summed E-state index contributed by atoms with van der Waals surface area (Å²) in [7, 11) is 0. The van der Waals surface area contributed by atoms with Crippen LogP contribution in [0.3, 0.4) is 0 Å². The molecule has 1 aliphatic rings. The molecule has 33 heavy (non-hydrogen) atoms. The minimum absolute atomic E-state index is 0.00801. The summed E-state index contributed by atoms with van der Waals surface area (Å²) in [5.74, 6) is -1.56. The first kappa shape index (κ1) is 22.8. The smallest absolute Gasteiger partial charge is 0.274 e. The molecule has 0 bridgehead atoms. The molecule has 0 spiro atoms. The van der Waals surface area contributed by atoms with Gasteiger partial charge in [-0.25, -0.2) is 14.4 Å². The van der Waals surface area contributed by atoms with E-state index in [4.69, 9.17) is 5.73 Å². The van der Waals surface area contributed by atoms with Crippen LogP contribution in [0, 0.1) is 5.82 Å². The topological polar surface area (TPSA) is 122 Å². The van der Waals surface area contributed by atoms with Crippen molar-refractivity contribution in [2.24, 2.45) is 0 Å². The molecule has 5 N–H and O–H groups in total. The molecular formula is C23H22BrFN6O2. The minimum Gasteiger partial charge on any atom is -0.382 e. The Hall–Kier alpha value is -3.37. The van der Waals surface area contributed by atoms with Crippen molar-refractivity contribution in [3.8, 4) is 11.3 Å². The number of halogens is 2. The number of nitrogens with one attached hydrogen (secondary N) is 3. The Morgan fingerprint density at radius 3 is 2.79 bits per heavy atom. The molecule has 2 aromatic carbocycles. The van der Waals surface area contributed by atoms with Gasteiger partial charge in [-0.05, 0) is 49.7 Å². The average Bonchev–Trinajstić information content (AvgIpc) is 2.80. The van der Waals surface area contributed by atoms with E-state index in [1.165, 1.54) is 18.3 Å². The zero-order valence-electron chi connectivity index (χ0n) is 17.6. The highest BCUT2D eigenvalue weighted by atomic mass is 79.9. The standard InChI is InChI=1S/C23H22BrFN6O2/c24-14-6-7-17(18(25)10-14)22(32)29-15-4-1-3-13(9-15)19-12-28-21(26)20(31-19)23(33)30-16-5-2-8-27-11-16/h1,3-4,6-7,9-10,12,16,27H,2,5,8,11H2,(H2,26,28)(H,29,32)(H,30,33). The van der Waals surface area contributed by atoms with Crippen molar-refractivity contribution in [3.05, 3.63) is 70.2 Å². The van der Waals surface area contributed by atoms with Gasteiger partial charge in [0.2, 0.25) is 0 Å². The summed E-state index contributed by atoms with van der Waals surface area (Å²) in [6.07, 6.45) is 3.32. The third-order valence-corrected chi connectivity index (χ3v) is 5.73. The van der Waals surface area contributed by atoms with Crippen LogP contribution < -0.4 is 21.7 Å². The summed E-state index contributed by atoms with van der Waals surface area (Å²) < 4.78 is 14.7. The van der Waals surface area contributed by atoms with Gasteiger partial charge in [0.15, 0.2) is 11.5 Å². The third kappa shape index (κ3) is 5.52. The van der Waals surface area contributed by atoms with Crippen molar-refractivity contribution in [3.63, 3.8) is 0 Å². The second-order valence-electron chi connectivity index (χ2n) is 7.66. The van der Waals surface area contributed by atoms with Crippen molar-refractivity contribution in [2.45, 2.75) is 18.9 Å². The normalized spacial score (nSPS) is 15.6. The quantitative estimate of drug-likeness (QED) is 0.415. The maximum atomic E-state index is 14.1. The molecule has 2 amide bonds. The van der Waals surface area contributed by atoms with Crippen LogP contribution in [0.15, 0.2) is 53.1 Å². The van der Waals surface area contributed by atoms with Gasteiger partial charge in [0.1, 0.15) is 5.82 Å². The van der Waals surface area contributed by atoms with Gasteiger partial charge in [0.25, 0.3) is 11.8 Å². The van der Waals surface area contributed by atoms with E-state index in [1.54, 1.807) is 30.3 Å². The summed E-state index contributed by atoms with van der Waals surface area (Å²) >= 11 is 3.17. The molecule has 8 nitrogen and oxygen atoms in total. The maximum Gasteiger partial charge on any atom is 0.274 e. The van der Waals surface area contributed by atoms with Crippen LogP contribution in [0.25, 0.3) is 11.3 Å². The maximum absolute atomic E-state index is 14.1. The van der Waals surface area contributed by atoms with Gasteiger partial charge in [0.05, 0.1) is 17.5 Å². The summed E-state index contributed by atoms with van der Waals surface area (Å²) in [4.78, 5) is 33.8. The van der Waals surface area contributed by atoms with Crippen LogP contribution in [-0.4, -0.2) is 40.9 Å². The number of nitrogens with zero attached hydrogens (tertiary/aromatic N) is 2. The summed E-state index contributed by atoms with van der Waals surface area (Å²) in [6, 6.07) is 11.1. The number of piperidine rings is 1. The Bertz CT molecular complexity index is 1200. The van der Waals surface area contributed by atoms with Crippen LogP contribution >= 0.6 is 15.9 Å². The number of nitrogen functional groups attached to an aromatic ring is 1. The van der Waals surface area contributed by atoms with E-state index < -0.39 is 11.7 Å². The molecule has 1 saturated heterocycles. The van der Waals surface area contributed by atoms with Crippen LogP contribution in [0.1, 0.15) is 33.7 Å². The Morgan fingerprint density at radius 1 is 1.18 bits per heavy atom. The van der Waals surface area contributed by atoms with Crippen molar-refractivity contribution in [2.75, 3.05) is 24.1 Å². The molecule has 1 aliphatic heterocycles. The van der Waals surface area contributed by atoms with Gasteiger partial charge in [-0.15, -0.1) is 0 Å². The van der Waals surface area contributed by atoms with Crippen molar-refractivity contribution >= 4 is 39.2 Å². The summed E-state index contributed by atoms with van der Waals surface area (Å²) in [5.41, 5.74) is 7.36. The fraction of sp³-hybridized carbons (Fsp3) is 0.217. The minimum atomic E-state index is -0.633. The molecule has 0 saturated carbocycles. The average molecular weight is 513 g/mol. The second kappa shape index (κ2) is 10.1. The number of amides is 2. The fourth-order valence-corrected chi connectivity index (χ4v) is 3.89. The van der Waals surface area contributed by atoms with Gasteiger partial charge in [-0.3, -0.25) is 9.59 Å². The lowest BCUT2D eigenvalue weighted by Gasteiger charge is -2.23. The number of anilines is 2. The number of rotatable bonds is 5. The first-order chi connectivity index (χ1) is 15.9. The predicted octanol–water partition coefficient (Wildman–Crippen LogP) is 3.36. The predicted molar refractivity (Wildman–Crippen MR) is 127 cm³/mol. The van der Waals surface area contributed by atoms with Gasteiger partial charge in [-0.2, -0.15) is 0 Å². The first-order valence-corrected chi connectivity index (χ1v) is 11.2. The van der Waals surface area contributed by atoms with E-state index >= 15 is 0 Å². The third-order valence-electron chi connectivity index (χ3n) is 5.24. The van der Waals surface area contributed by atoms with Gasteiger partial charge >= 0.3 is 0 Å². The van der Waals surface area contributed by atoms with Gasteiger partial charge in [-0.1, -0.05) is 28.1 Å². The highest BCUT2D eigenvalue weighted by Crippen LogP contribution is 2.23. The number of hydrogen-bond donors (Lipinski definition) is 4. The molecule has 10 heteroatoms. The molecule has 0 radical (unpaired) electrons. The fourth-order valence-electron chi connectivity index (χ4n) is 3.56. The van der Waals surface area contributed by atoms with Crippen LogP contribution in [0.2, 0.25) is 0 Å². The lowest BCUT2D eigenvalue weighted by atomic mass is 10.1. The number of aromatic nitrogens is 2. The second-order valence-corrected chi connectivity index (χ2v) is 8.58. The largest absolute Gasteiger partial charge is 0.382 e. The number of carbonyl (C=O) groups excluding carboxylic acids is 2. The number of hydrogen-bond acceptors (Lipinski definition) is 6. The number of carbonyl (C=O) groups is 2. The molecule has 3 aromatic rings. The molecule has 4 rings (SSSR count). The molecule has 1 atom stereocenters. The van der Waals surface area contributed by atoms with Gasteiger partial charge < -0.3 is 21.7 Å². The van der Waals surface area contributed by atoms with Crippen LogP contribution in [0.4, 0.5) is 15.9 Å². The Labute approximate surface area is 198 Å². The zero-order valence-corrected chi connectivity index (χ0v) is 19.2. The lowest BCUT2D eigenvalue weighted by Crippen LogP contribution is -2.46. The van der Waals surface area contributed by atoms with E-state index in [9.17, 15) is 14.0 Å². The van der Waals surface area contributed by atoms with E-state index in [1.807, 2.05) is 0 Å². The van der Waals surface area contributed by atoms with E-state index in [-0.39, 0.29) is 29.0 Å². The van der Waals surface area contributed by atoms with Gasteiger partial charge in [0, 0.05) is 28.3 Å². The van der Waals surface area contributed by atoms with Crippen molar-refractivity contribution < 1.29 is 14.0 Å². The number of nitrogens with two attached hydrogens (primary N) is 1. The molecule has 1 unspecified atom stereocenters. The van der Waals surface area contributed by atoms with E-state index in [0.29, 0.717) is 28.0 Å². The zero-order chi connectivity index (χ0) is 23.4. The van der Waals surface area contributed by atoms with Crippen molar-refractivity contribution in [1.82, 2.24) is 20.6 Å². The van der Waals surface area contributed by atoms with Crippen LogP contribution in [-0.2, 0) is 0 Å².